The lowest BCUT2D eigenvalue weighted by Crippen LogP contribution is -2.27. The number of hydrogen-bond acceptors (Lipinski definition) is 3. The van der Waals surface area contributed by atoms with Crippen LogP contribution in [0.5, 0.6) is 5.75 Å². The van der Waals surface area contributed by atoms with Crippen molar-refractivity contribution in [2.24, 2.45) is 0 Å². The second-order valence-electron chi connectivity index (χ2n) is 4.27. The lowest BCUT2D eigenvalue weighted by Gasteiger charge is -2.20. The molecule has 1 amide bonds. The largest absolute Gasteiger partial charge is 0.496 e. The minimum Gasteiger partial charge on any atom is -0.496 e. The fourth-order valence-corrected chi connectivity index (χ4v) is 2.10. The average Bonchev–Trinajstić information content (AvgIpc) is 2.46. The Balaban J connectivity index is 2.41. The third kappa shape index (κ3) is 2.70. The number of nitrogens with zero attached hydrogens (tertiary/aromatic N) is 1. The summed E-state index contributed by atoms with van der Waals surface area (Å²) in [4.78, 5) is 14.0. The topological polar surface area (TPSA) is 55.6 Å². The monoisotopic (exact) mass is 290 g/mol. The van der Waals surface area contributed by atoms with E-state index in [2.05, 4.69) is 0 Å². The van der Waals surface area contributed by atoms with Gasteiger partial charge in [0.15, 0.2) is 0 Å². The van der Waals surface area contributed by atoms with Crippen molar-refractivity contribution in [3.05, 3.63) is 53.1 Å². The summed E-state index contributed by atoms with van der Waals surface area (Å²) in [6.45, 7) is 0. The maximum Gasteiger partial charge on any atom is 0.261 e. The van der Waals surface area contributed by atoms with Gasteiger partial charge in [0.25, 0.3) is 5.91 Å². The first kappa shape index (κ1) is 14.2. The van der Waals surface area contributed by atoms with Crippen molar-refractivity contribution in [2.45, 2.75) is 0 Å². The summed E-state index contributed by atoms with van der Waals surface area (Å²) in [7, 11) is 3.17. The molecule has 0 heterocycles. The first-order valence-corrected chi connectivity index (χ1v) is 6.38. The predicted octanol–water partition coefficient (Wildman–Crippen LogP) is 3.21. The number of benzene rings is 2. The van der Waals surface area contributed by atoms with Crippen LogP contribution in [-0.2, 0) is 0 Å². The molecule has 0 fully saturated rings. The van der Waals surface area contributed by atoms with E-state index in [0.29, 0.717) is 27.7 Å². The Morgan fingerprint density at radius 3 is 2.60 bits per heavy atom. The minimum atomic E-state index is -0.234. The third-order valence-electron chi connectivity index (χ3n) is 2.99. The summed E-state index contributed by atoms with van der Waals surface area (Å²) in [5, 5.41) is 0.476. The Morgan fingerprint density at radius 2 is 1.95 bits per heavy atom. The molecule has 0 aromatic heterocycles. The summed E-state index contributed by atoms with van der Waals surface area (Å²) >= 11 is 5.95. The standard InChI is InChI=1S/C15H15ClN2O2/c1-18(13-6-4-3-5-12(13)17)15(19)11-9-10(16)7-8-14(11)20-2/h3-9H,17H2,1-2H3. The minimum absolute atomic E-state index is 0.234. The van der Waals surface area contributed by atoms with Crippen molar-refractivity contribution in [3.8, 4) is 5.75 Å². The van der Waals surface area contributed by atoms with Gasteiger partial charge in [-0.2, -0.15) is 0 Å². The van der Waals surface area contributed by atoms with Crippen molar-refractivity contribution < 1.29 is 9.53 Å². The highest BCUT2D eigenvalue weighted by Crippen LogP contribution is 2.27. The molecule has 0 aliphatic carbocycles. The number of amides is 1. The molecule has 20 heavy (non-hydrogen) atoms. The number of hydrogen-bond donors (Lipinski definition) is 1. The van der Waals surface area contributed by atoms with E-state index in [0.717, 1.165) is 0 Å². The van der Waals surface area contributed by atoms with Gasteiger partial charge in [-0.15, -0.1) is 0 Å². The molecule has 0 aliphatic rings. The number of methoxy groups -OCH3 is 1. The molecule has 0 aliphatic heterocycles. The summed E-state index contributed by atoms with van der Waals surface area (Å²) in [6.07, 6.45) is 0. The van der Waals surface area contributed by atoms with E-state index in [1.165, 1.54) is 12.0 Å². The maximum atomic E-state index is 12.6. The lowest BCUT2D eigenvalue weighted by molar-refractivity contribution is 0.0990. The molecule has 0 bridgehead atoms. The van der Waals surface area contributed by atoms with Gasteiger partial charge in [-0.25, -0.2) is 0 Å². The van der Waals surface area contributed by atoms with Crippen LogP contribution >= 0.6 is 11.6 Å². The molecule has 0 saturated carbocycles. The van der Waals surface area contributed by atoms with Crippen LogP contribution in [0.4, 0.5) is 11.4 Å². The average molecular weight is 291 g/mol. The molecule has 4 nitrogen and oxygen atoms in total. The quantitative estimate of drug-likeness (QED) is 0.883. The van der Waals surface area contributed by atoms with Crippen LogP contribution in [0.15, 0.2) is 42.5 Å². The summed E-state index contributed by atoms with van der Waals surface area (Å²) < 4.78 is 5.20. The van der Waals surface area contributed by atoms with Gasteiger partial charge in [0, 0.05) is 12.1 Å². The maximum absolute atomic E-state index is 12.6. The molecule has 0 radical (unpaired) electrons. The van der Waals surface area contributed by atoms with Gasteiger partial charge >= 0.3 is 0 Å². The van der Waals surface area contributed by atoms with E-state index in [1.807, 2.05) is 12.1 Å². The summed E-state index contributed by atoms with van der Waals surface area (Å²) in [5.41, 5.74) is 7.45. The van der Waals surface area contributed by atoms with Crippen molar-refractivity contribution >= 4 is 28.9 Å². The molecule has 0 atom stereocenters. The van der Waals surface area contributed by atoms with Gasteiger partial charge in [-0.1, -0.05) is 23.7 Å². The fourth-order valence-electron chi connectivity index (χ4n) is 1.93. The van der Waals surface area contributed by atoms with Crippen LogP contribution < -0.4 is 15.4 Å². The number of ether oxygens (including phenoxy) is 1. The molecule has 0 spiro atoms. The van der Waals surface area contributed by atoms with Crippen molar-refractivity contribution in [3.63, 3.8) is 0 Å². The van der Waals surface area contributed by atoms with E-state index < -0.39 is 0 Å². The highest BCUT2D eigenvalue weighted by molar-refractivity contribution is 6.31. The number of carbonyl (C=O) groups is 1. The Hall–Kier alpha value is -2.20. The Kier molecular flexibility index (Phi) is 4.15. The van der Waals surface area contributed by atoms with Gasteiger partial charge in [0.2, 0.25) is 0 Å². The SMILES string of the molecule is COc1ccc(Cl)cc1C(=O)N(C)c1ccccc1N. The van der Waals surface area contributed by atoms with Crippen LogP contribution in [0.3, 0.4) is 0 Å². The van der Waals surface area contributed by atoms with Crippen LogP contribution in [-0.4, -0.2) is 20.1 Å². The Bertz CT molecular complexity index is 644. The van der Waals surface area contributed by atoms with Crippen LogP contribution in [0, 0.1) is 0 Å². The number of rotatable bonds is 3. The molecule has 5 heteroatoms. The van der Waals surface area contributed by atoms with Crippen molar-refractivity contribution in [1.29, 1.82) is 0 Å². The van der Waals surface area contributed by atoms with Gasteiger partial charge in [-0.05, 0) is 30.3 Å². The number of anilines is 2. The van der Waals surface area contributed by atoms with Crippen molar-refractivity contribution in [2.75, 3.05) is 24.8 Å². The van der Waals surface area contributed by atoms with Crippen molar-refractivity contribution in [1.82, 2.24) is 0 Å². The van der Waals surface area contributed by atoms with E-state index in [4.69, 9.17) is 22.1 Å². The molecular formula is C15H15ClN2O2. The highest BCUT2D eigenvalue weighted by Gasteiger charge is 2.19. The smallest absolute Gasteiger partial charge is 0.261 e. The second-order valence-corrected chi connectivity index (χ2v) is 4.70. The van der Waals surface area contributed by atoms with Gasteiger partial charge in [-0.3, -0.25) is 4.79 Å². The molecule has 2 aromatic rings. The highest BCUT2D eigenvalue weighted by atomic mass is 35.5. The van der Waals surface area contributed by atoms with Crippen LogP contribution in [0.25, 0.3) is 0 Å². The predicted molar refractivity (Wildman–Crippen MR) is 81.6 cm³/mol. The Morgan fingerprint density at radius 1 is 1.25 bits per heavy atom. The summed E-state index contributed by atoms with van der Waals surface area (Å²) in [5.74, 6) is 0.239. The van der Waals surface area contributed by atoms with Gasteiger partial charge in [0.1, 0.15) is 5.75 Å². The van der Waals surface area contributed by atoms with E-state index in [-0.39, 0.29) is 5.91 Å². The molecular weight excluding hydrogens is 276 g/mol. The van der Waals surface area contributed by atoms with Gasteiger partial charge < -0.3 is 15.4 Å². The number of nitrogen functional groups attached to an aromatic ring is 1. The van der Waals surface area contributed by atoms with Crippen LogP contribution in [0.1, 0.15) is 10.4 Å². The van der Waals surface area contributed by atoms with E-state index >= 15 is 0 Å². The number of nitrogens with two attached hydrogens (primary N) is 1. The van der Waals surface area contributed by atoms with Gasteiger partial charge in [0.05, 0.1) is 24.0 Å². The molecule has 2 rings (SSSR count). The van der Waals surface area contributed by atoms with Crippen LogP contribution in [0.2, 0.25) is 5.02 Å². The molecule has 2 N–H and O–H groups in total. The number of para-hydroxylation sites is 2. The summed E-state index contributed by atoms with van der Waals surface area (Å²) in [6, 6.07) is 12.1. The molecule has 2 aromatic carbocycles. The molecule has 0 unspecified atom stereocenters. The number of halogens is 1. The van der Waals surface area contributed by atoms with E-state index in [9.17, 15) is 4.79 Å². The second kappa shape index (κ2) is 5.84. The molecule has 0 saturated heterocycles. The lowest BCUT2D eigenvalue weighted by atomic mass is 10.1. The fraction of sp³-hybridized carbons (Fsp3) is 0.133. The zero-order valence-corrected chi connectivity index (χ0v) is 12.0. The molecule has 104 valence electrons. The van der Waals surface area contributed by atoms with E-state index in [1.54, 1.807) is 37.4 Å². The first-order valence-electron chi connectivity index (χ1n) is 6.00. The first-order chi connectivity index (χ1) is 9.54. The zero-order valence-electron chi connectivity index (χ0n) is 11.3. The Labute approximate surface area is 122 Å². The normalized spacial score (nSPS) is 10.2. The third-order valence-corrected chi connectivity index (χ3v) is 3.23. The number of carbonyl (C=O) groups excluding carboxylic acids is 1. The zero-order chi connectivity index (χ0) is 14.7.